The Hall–Kier alpha value is -2.12. The molecule has 1 atom stereocenters. The number of rotatable bonds is 8. The second-order valence-electron chi connectivity index (χ2n) is 5.66. The average molecular weight is 325 g/mol. The summed E-state index contributed by atoms with van der Waals surface area (Å²) in [6.45, 7) is 2.34. The zero-order valence-electron chi connectivity index (χ0n) is 13.3. The van der Waals surface area contributed by atoms with E-state index in [0.717, 1.165) is 5.56 Å². The third-order valence-electron chi connectivity index (χ3n) is 3.23. The van der Waals surface area contributed by atoms with Crippen LogP contribution in [0.15, 0.2) is 30.3 Å². The fourth-order valence-corrected chi connectivity index (χ4v) is 1.51. The van der Waals surface area contributed by atoms with E-state index in [1.165, 1.54) is 6.92 Å². The normalized spacial score (nSPS) is 12.3. The molecule has 128 valence electrons. The first-order chi connectivity index (χ1) is 10.9. The molecular formula is C16H23NO6. The van der Waals surface area contributed by atoms with Crippen molar-refractivity contribution in [1.82, 2.24) is 5.32 Å². The van der Waals surface area contributed by atoms with Crippen LogP contribution in [0.4, 0.5) is 4.79 Å². The minimum Gasteiger partial charge on any atom is -0.463 e. The van der Waals surface area contributed by atoms with Gasteiger partial charge >= 0.3 is 12.1 Å². The molecule has 0 aliphatic carbocycles. The van der Waals surface area contributed by atoms with Gasteiger partial charge in [-0.05, 0) is 12.5 Å². The predicted molar refractivity (Wildman–Crippen MR) is 82.5 cm³/mol. The van der Waals surface area contributed by atoms with Crippen molar-refractivity contribution in [3.8, 4) is 0 Å². The number of hydrogen-bond donors (Lipinski definition) is 3. The number of benzene rings is 1. The lowest BCUT2D eigenvalue weighted by atomic mass is 9.94. The average Bonchev–Trinajstić information content (AvgIpc) is 2.58. The van der Waals surface area contributed by atoms with Gasteiger partial charge in [-0.25, -0.2) is 9.59 Å². The molecule has 0 aliphatic rings. The highest BCUT2D eigenvalue weighted by Gasteiger charge is 2.26. The van der Waals surface area contributed by atoms with Gasteiger partial charge in [0.1, 0.15) is 19.3 Å². The molecule has 1 amide bonds. The van der Waals surface area contributed by atoms with Crippen LogP contribution in [0.1, 0.15) is 19.4 Å². The monoisotopic (exact) mass is 325 g/mol. The molecule has 23 heavy (non-hydrogen) atoms. The van der Waals surface area contributed by atoms with Crippen LogP contribution in [-0.4, -0.2) is 48.1 Å². The summed E-state index contributed by atoms with van der Waals surface area (Å²) < 4.78 is 9.98. The third-order valence-corrected chi connectivity index (χ3v) is 3.23. The zero-order valence-corrected chi connectivity index (χ0v) is 13.3. The van der Waals surface area contributed by atoms with E-state index in [4.69, 9.17) is 19.7 Å². The Bertz CT molecular complexity index is 501. The van der Waals surface area contributed by atoms with Crippen LogP contribution in [0.3, 0.4) is 0 Å². The van der Waals surface area contributed by atoms with Crippen molar-refractivity contribution in [2.24, 2.45) is 5.41 Å². The SMILES string of the molecule is C[C@@H](NC(=O)OCc1ccccc1)C(=O)OCC(C)(CO)CO. The number of hydrogen-bond acceptors (Lipinski definition) is 6. The first-order valence-corrected chi connectivity index (χ1v) is 7.26. The molecular weight excluding hydrogens is 302 g/mol. The second-order valence-corrected chi connectivity index (χ2v) is 5.66. The van der Waals surface area contributed by atoms with Gasteiger partial charge in [0.25, 0.3) is 0 Å². The molecule has 1 aromatic carbocycles. The van der Waals surface area contributed by atoms with Gasteiger partial charge in [-0.15, -0.1) is 0 Å². The molecule has 0 fully saturated rings. The summed E-state index contributed by atoms with van der Waals surface area (Å²) in [5.41, 5.74) is -0.0806. The fraction of sp³-hybridized carbons (Fsp3) is 0.500. The van der Waals surface area contributed by atoms with Gasteiger partial charge in [-0.1, -0.05) is 37.3 Å². The topological polar surface area (TPSA) is 105 Å². The fourth-order valence-electron chi connectivity index (χ4n) is 1.51. The molecule has 0 heterocycles. The van der Waals surface area contributed by atoms with Crippen LogP contribution in [0.2, 0.25) is 0 Å². The summed E-state index contributed by atoms with van der Waals surface area (Å²) >= 11 is 0. The minimum atomic E-state index is -0.913. The van der Waals surface area contributed by atoms with E-state index < -0.39 is 23.5 Å². The van der Waals surface area contributed by atoms with E-state index in [2.05, 4.69) is 5.32 Å². The van der Waals surface area contributed by atoms with Crippen molar-refractivity contribution in [2.45, 2.75) is 26.5 Å². The summed E-state index contributed by atoms with van der Waals surface area (Å²) in [6, 6.07) is 8.24. The van der Waals surface area contributed by atoms with Crippen molar-refractivity contribution in [3.63, 3.8) is 0 Å². The maximum atomic E-state index is 11.8. The van der Waals surface area contributed by atoms with Crippen LogP contribution in [0.5, 0.6) is 0 Å². The third kappa shape index (κ3) is 6.66. The number of carbonyl (C=O) groups excluding carboxylic acids is 2. The number of esters is 1. The standard InChI is InChI=1S/C16H23NO6/c1-12(14(20)23-11-16(2,9-18)10-19)17-15(21)22-8-13-6-4-3-5-7-13/h3-7,12,18-19H,8-11H2,1-2H3,(H,17,21)/t12-/m1/s1. The molecule has 1 aromatic rings. The lowest BCUT2D eigenvalue weighted by molar-refractivity contribution is -0.150. The van der Waals surface area contributed by atoms with Gasteiger partial charge in [-0.3, -0.25) is 0 Å². The lowest BCUT2D eigenvalue weighted by Gasteiger charge is -2.24. The number of aliphatic hydroxyl groups is 2. The largest absolute Gasteiger partial charge is 0.463 e. The zero-order chi connectivity index (χ0) is 17.3. The minimum absolute atomic E-state index is 0.0987. The van der Waals surface area contributed by atoms with Crippen LogP contribution in [0.25, 0.3) is 0 Å². The number of amides is 1. The molecule has 1 rings (SSSR count). The summed E-state index contributed by atoms with van der Waals surface area (Å²) in [7, 11) is 0. The number of carbonyl (C=O) groups is 2. The molecule has 0 unspecified atom stereocenters. The highest BCUT2D eigenvalue weighted by molar-refractivity contribution is 5.80. The van der Waals surface area contributed by atoms with E-state index in [9.17, 15) is 9.59 Å². The molecule has 3 N–H and O–H groups in total. The van der Waals surface area contributed by atoms with Gasteiger partial charge < -0.3 is 25.0 Å². The van der Waals surface area contributed by atoms with Gasteiger partial charge in [0.05, 0.1) is 13.2 Å². The van der Waals surface area contributed by atoms with Crippen LogP contribution < -0.4 is 5.32 Å². The van der Waals surface area contributed by atoms with Crippen LogP contribution >= 0.6 is 0 Å². The van der Waals surface area contributed by atoms with E-state index in [1.807, 2.05) is 30.3 Å². The molecule has 0 bridgehead atoms. The Morgan fingerprint density at radius 2 is 1.78 bits per heavy atom. The van der Waals surface area contributed by atoms with Crippen molar-refractivity contribution < 1.29 is 29.3 Å². The molecule has 0 saturated heterocycles. The van der Waals surface area contributed by atoms with E-state index in [0.29, 0.717) is 0 Å². The first-order valence-electron chi connectivity index (χ1n) is 7.26. The summed E-state index contributed by atoms with van der Waals surface area (Å²) in [4.78, 5) is 23.4. The Kier molecular flexibility index (Phi) is 7.50. The smallest absolute Gasteiger partial charge is 0.408 e. The summed E-state index contributed by atoms with van der Waals surface area (Å²) in [6.07, 6.45) is -0.731. The van der Waals surface area contributed by atoms with Gasteiger partial charge in [0.2, 0.25) is 0 Å². The quantitative estimate of drug-likeness (QED) is 0.612. The molecule has 0 spiro atoms. The van der Waals surface area contributed by atoms with Crippen LogP contribution in [0, 0.1) is 5.41 Å². The van der Waals surface area contributed by atoms with E-state index in [-0.39, 0.29) is 26.4 Å². The Balaban J connectivity index is 2.35. The number of aliphatic hydroxyl groups excluding tert-OH is 2. The molecule has 0 saturated carbocycles. The second kappa shape index (κ2) is 9.12. The van der Waals surface area contributed by atoms with Gasteiger partial charge in [0, 0.05) is 5.41 Å². The predicted octanol–water partition coefficient (Wildman–Crippen LogP) is 0.835. The van der Waals surface area contributed by atoms with Crippen molar-refractivity contribution in [1.29, 1.82) is 0 Å². The Labute approximate surface area is 135 Å². The van der Waals surface area contributed by atoms with E-state index >= 15 is 0 Å². The van der Waals surface area contributed by atoms with Gasteiger partial charge in [-0.2, -0.15) is 0 Å². The maximum Gasteiger partial charge on any atom is 0.408 e. The number of ether oxygens (including phenoxy) is 2. The summed E-state index contributed by atoms with van der Waals surface area (Å²) in [5, 5.41) is 20.6. The number of nitrogens with one attached hydrogen (secondary N) is 1. The highest BCUT2D eigenvalue weighted by atomic mass is 16.6. The van der Waals surface area contributed by atoms with Crippen molar-refractivity contribution in [2.75, 3.05) is 19.8 Å². The van der Waals surface area contributed by atoms with Crippen LogP contribution in [-0.2, 0) is 20.9 Å². The highest BCUT2D eigenvalue weighted by Crippen LogP contribution is 2.14. The first kappa shape index (κ1) is 18.9. The Morgan fingerprint density at radius 1 is 1.17 bits per heavy atom. The van der Waals surface area contributed by atoms with Gasteiger partial charge in [0.15, 0.2) is 0 Å². The lowest BCUT2D eigenvalue weighted by Crippen LogP contribution is -2.42. The molecule has 7 heteroatoms. The molecule has 0 aliphatic heterocycles. The molecule has 0 aromatic heterocycles. The molecule has 7 nitrogen and oxygen atoms in total. The maximum absolute atomic E-state index is 11.8. The molecule has 0 radical (unpaired) electrons. The van der Waals surface area contributed by atoms with E-state index in [1.54, 1.807) is 6.92 Å². The van der Waals surface area contributed by atoms with Crippen molar-refractivity contribution in [3.05, 3.63) is 35.9 Å². The summed E-state index contributed by atoms with van der Waals surface area (Å²) in [5.74, 6) is -0.671. The number of alkyl carbamates (subject to hydrolysis) is 1. The van der Waals surface area contributed by atoms with Crippen molar-refractivity contribution >= 4 is 12.1 Å². The Morgan fingerprint density at radius 3 is 2.35 bits per heavy atom.